The largest absolute Gasteiger partial charge is 1.00 e. The van der Waals surface area contributed by atoms with Gasteiger partial charge in [0, 0.05) is 6.42 Å². The summed E-state index contributed by atoms with van der Waals surface area (Å²) in [6, 6.07) is 10.8. The van der Waals surface area contributed by atoms with Gasteiger partial charge in [0.1, 0.15) is 13.2 Å². The first kappa shape index (κ1) is 31.1. The number of carbonyl (C=O) groups excluding carboxylic acids is 1. The van der Waals surface area contributed by atoms with Gasteiger partial charge in [0.25, 0.3) is 0 Å². The van der Waals surface area contributed by atoms with E-state index in [4.69, 9.17) is 4.74 Å². The number of benzene rings is 1. The minimum atomic E-state index is -0.0116. The van der Waals surface area contributed by atoms with Crippen molar-refractivity contribution in [3.63, 3.8) is 0 Å². The molecule has 0 fully saturated rings. The van der Waals surface area contributed by atoms with Crippen molar-refractivity contribution in [2.75, 3.05) is 33.3 Å². The number of nitrogens with zero attached hydrogens (tertiary/aromatic N) is 1. The molecule has 0 aliphatic heterocycles. The third kappa shape index (κ3) is 16.7. The van der Waals surface area contributed by atoms with Crippen LogP contribution < -0.4 is 17.0 Å². The van der Waals surface area contributed by atoms with Gasteiger partial charge in [-0.25, -0.2) is 0 Å². The molecule has 0 aliphatic rings. The Kier molecular flexibility index (Phi) is 20.2. The Hall–Kier alpha value is -0.870. The van der Waals surface area contributed by atoms with Crippen LogP contribution in [0.25, 0.3) is 0 Å². The van der Waals surface area contributed by atoms with Crippen molar-refractivity contribution in [1.82, 2.24) is 0 Å². The molecular formula is C28H50BrNO2. The molecule has 0 aromatic heterocycles. The number of likely N-dealkylation sites (N-methyl/N-ethyl adjacent to an activating group) is 1. The summed E-state index contributed by atoms with van der Waals surface area (Å²) in [7, 11) is 2.22. The van der Waals surface area contributed by atoms with Gasteiger partial charge < -0.3 is 26.2 Å². The molecule has 0 N–H and O–H groups in total. The van der Waals surface area contributed by atoms with Crippen LogP contribution in [0.15, 0.2) is 30.3 Å². The third-order valence-electron chi connectivity index (χ3n) is 6.86. The summed E-state index contributed by atoms with van der Waals surface area (Å²) in [6.45, 7) is 8.04. The lowest BCUT2D eigenvalue weighted by Gasteiger charge is -2.31. The topological polar surface area (TPSA) is 26.3 Å². The minimum Gasteiger partial charge on any atom is -1.00 e. The number of aryl methyl sites for hydroxylation is 1. The molecule has 0 spiro atoms. The van der Waals surface area contributed by atoms with Crippen molar-refractivity contribution in [3.8, 4) is 0 Å². The van der Waals surface area contributed by atoms with E-state index in [0.29, 0.717) is 13.0 Å². The summed E-state index contributed by atoms with van der Waals surface area (Å²) in [5, 5.41) is 0. The summed E-state index contributed by atoms with van der Waals surface area (Å²) < 4.78 is 6.39. The Bertz CT molecular complexity index is 546. The fourth-order valence-corrected chi connectivity index (χ4v) is 4.00. The smallest absolute Gasteiger partial charge is 0.305 e. The van der Waals surface area contributed by atoms with E-state index in [2.05, 4.69) is 51.2 Å². The number of rotatable bonds is 20. The number of hydrogen-bond donors (Lipinski definition) is 0. The first-order valence-corrected chi connectivity index (χ1v) is 13.1. The molecule has 4 heteroatoms. The minimum absolute atomic E-state index is 0. The fraction of sp³-hybridized carbons (Fsp3) is 0.750. The van der Waals surface area contributed by atoms with Crippen molar-refractivity contribution in [2.45, 2.75) is 104 Å². The average Bonchev–Trinajstić information content (AvgIpc) is 2.79. The summed E-state index contributed by atoms with van der Waals surface area (Å²) in [5.41, 5.74) is 1.48. The quantitative estimate of drug-likeness (QED) is 0.148. The molecule has 0 unspecified atom stereocenters. The number of unbranched alkanes of at least 4 members (excludes halogenated alkanes) is 11. The highest BCUT2D eigenvalue weighted by Crippen LogP contribution is 2.14. The van der Waals surface area contributed by atoms with E-state index in [1.54, 1.807) is 0 Å². The molecule has 0 radical (unpaired) electrons. The summed E-state index contributed by atoms with van der Waals surface area (Å²) >= 11 is 0. The molecule has 0 heterocycles. The summed E-state index contributed by atoms with van der Waals surface area (Å²) in [4.78, 5) is 11.8. The standard InChI is InChI=1S/C28H50NO2.BrH/c1-4-29(3,5-2)25-26-31-28(30)24-20-15-13-11-9-7-6-8-10-12-14-17-21-27-22-18-16-19-23-27;/h16,18-19,22-23H,4-15,17,20-21,24-26H2,1-3H3;1H/q+1;/p-1. The van der Waals surface area contributed by atoms with Gasteiger partial charge in [0.15, 0.2) is 0 Å². The SMILES string of the molecule is CC[N+](C)(CC)CCOC(=O)CCCCCCCCCCCCCCc1ccccc1.[Br-]. The lowest BCUT2D eigenvalue weighted by atomic mass is 10.0. The van der Waals surface area contributed by atoms with Gasteiger partial charge in [0.2, 0.25) is 0 Å². The van der Waals surface area contributed by atoms with E-state index in [1.807, 2.05) is 0 Å². The zero-order chi connectivity index (χ0) is 22.6. The molecule has 1 aromatic carbocycles. The van der Waals surface area contributed by atoms with Crippen molar-refractivity contribution in [2.24, 2.45) is 0 Å². The van der Waals surface area contributed by atoms with Crippen LogP contribution in [0, 0.1) is 0 Å². The Labute approximate surface area is 209 Å². The van der Waals surface area contributed by atoms with Crippen LogP contribution in [0.2, 0.25) is 0 Å². The van der Waals surface area contributed by atoms with Crippen LogP contribution in [0.4, 0.5) is 0 Å². The molecule has 0 saturated carbocycles. The highest BCUT2D eigenvalue weighted by atomic mass is 79.9. The van der Waals surface area contributed by atoms with Gasteiger partial charge in [-0.05, 0) is 38.7 Å². The second kappa shape index (κ2) is 20.7. The zero-order valence-corrected chi connectivity index (χ0v) is 22.8. The normalized spacial score (nSPS) is 11.2. The van der Waals surface area contributed by atoms with E-state index in [0.717, 1.165) is 37.0 Å². The van der Waals surface area contributed by atoms with Gasteiger partial charge >= 0.3 is 5.97 Å². The molecule has 0 atom stereocenters. The van der Waals surface area contributed by atoms with Crippen LogP contribution >= 0.6 is 0 Å². The second-order valence-corrected chi connectivity index (χ2v) is 9.42. The van der Waals surface area contributed by atoms with Gasteiger partial charge in [-0.1, -0.05) is 94.5 Å². The van der Waals surface area contributed by atoms with Crippen molar-refractivity contribution >= 4 is 5.97 Å². The lowest BCUT2D eigenvalue weighted by Crippen LogP contribution is -3.00. The first-order chi connectivity index (χ1) is 15.1. The number of carbonyl (C=O) groups is 1. The first-order valence-electron chi connectivity index (χ1n) is 13.1. The third-order valence-corrected chi connectivity index (χ3v) is 6.86. The van der Waals surface area contributed by atoms with Crippen molar-refractivity contribution in [3.05, 3.63) is 35.9 Å². The van der Waals surface area contributed by atoms with E-state index in [1.165, 1.54) is 76.2 Å². The van der Waals surface area contributed by atoms with E-state index in [9.17, 15) is 4.79 Å². The van der Waals surface area contributed by atoms with E-state index < -0.39 is 0 Å². The van der Waals surface area contributed by atoms with Crippen LogP contribution in [-0.4, -0.2) is 43.7 Å². The summed E-state index contributed by atoms with van der Waals surface area (Å²) in [5.74, 6) is -0.0116. The summed E-state index contributed by atoms with van der Waals surface area (Å²) in [6.07, 6.45) is 17.5. The molecule has 1 aromatic rings. The lowest BCUT2D eigenvalue weighted by molar-refractivity contribution is -0.906. The van der Waals surface area contributed by atoms with Crippen LogP contribution in [0.1, 0.15) is 103 Å². The number of esters is 1. The predicted molar refractivity (Wildman–Crippen MR) is 133 cm³/mol. The molecule has 0 aliphatic carbocycles. The molecule has 0 saturated heterocycles. The maximum Gasteiger partial charge on any atom is 0.305 e. The highest BCUT2D eigenvalue weighted by molar-refractivity contribution is 5.69. The van der Waals surface area contributed by atoms with Gasteiger partial charge in [0.05, 0.1) is 20.1 Å². The Morgan fingerprint density at radius 1 is 0.750 bits per heavy atom. The number of quaternary nitrogens is 1. The van der Waals surface area contributed by atoms with Crippen molar-refractivity contribution in [1.29, 1.82) is 0 Å². The second-order valence-electron chi connectivity index (χ2n) is 9.42. The molecule has 0 amide bonds. The molecular weight excluding hydrogens is 462 g/mol. The molecule has 1 rings (SSSR count). The number of halogens is 1. The Morgan fingerprint density at radius 2 is 1.22 bits per heavy atom. The molecule has 0 bridgehead atoms. The number of hydrogen-bond acceptors (Lipinski definition) is 2. The monoisotopic (exact) mass is 511 g/mol. The maximum absolute atomic E-state index is 11.8. The Balaban J connectivity index is 0.00000961. The predicted octanol–water partition coefficient (Wildman–Crippen LogP) is 4.33. The fourth-order valence-electron chi connectivity index (χ4n) is 4.00. The average molecular weight is 513 g/mol. The van der Waals surface area contributed by atoms with Gasteiger partial charge in [-0.2, -0.15) is 0 Å². The highest BCUT2D eigenvalue weighted by Gasteiger charge is 2.16. The van der Waals surface area contributed by atoms with E-state index in [-0.39, 0.29) is 23.0 Å². The molecule has 3 nitrogen and oxygen atoms in total. The number of ether oxygens (including phenoxy) is 1. The van der Waals surface area contributed by atoms with E-state index >= 15 is 0 Å². The van der Waals surface area contributed by atoms with Gasteiger partial charge in [-0.3, -0.25) is 4.79 Å². The van der Waals surface area contributed by atoms with Crippen LogP contribution in [0.3, 0.4) is 0 Å². The maximum atomic E-state index is 11.8. The molecule has 32 heavy (non-hydrogen) atoms. The van der Waals surface area contributed by atoms with Gasteiger partial charge in [-0.15, -0.1) is 0 Å². The van der Waals surface area contributed by atoms with Crippen LogP contribution in [0.5, 0.6) is 0 Å². The van der Waals surface area contributed by atoms with Crippen LogP contribution in [-0.2, 0) is 16.0 Å². The Morgan fingerprint density at radius 3 is 1.72 bits per heavy atom. The van der Waals surface area contributed by atoms with Crippen molar-refractivity contribution < 1.29 is 31.0 Å². The molecule has 186 valence electrons. The zero-order valence-electron chi connectivity index (χ0n) is 21.3.